The van der Waals surface area contributed by atoms with Crippen LogP contribution in [0.25, 0.3) is 11.3 Å². The second-order valence-electron chi connectivity index (χ2n) is 11.1. The largest absolute Gasteiger partial charge is 0.381 e. The first-order chi connectivity index (χ1) is 20.3. The molecule has 5 rings (SSSR count). The van der Waals surface area contributed by atoms with Gasteiger partial charge in [-0.15, -0.1) is 0 Å². The number of rotatable bonds is 10. The molecule has 0 spiro atoms. The van der Waals surface area contributed by atoms with Gasteiger partial charge < -0.3 is 31.1 Å². The fourth-order valence-corrected chi connectivity index (χ4v) is 6.29. The number of halogens is 2. The molecule has 2 aromatic carbocycles. The Morgan fingerprint density at radius 1 is 1.17 bits per heavy atom. The highest BCUT2D eigenvalue weighted by Crippen LogP contribution is 2.28. The summed E-state index contributed by atoms with van der Waals surface area (Å²) in [5, 5.41) is 18.4. The highest BCUT2D eigenvalue weighted by molar-refractivity contribution is 6.36. The Balaban J connectivity index is 1.23. The van der Waals surface area contributed by atoms with Crippen LogP contribution in [0.15, 0.2) is 48.7 Å². The molecule has 1 amide bonds. The van der Waals surface area contributed by atoms with Crippen molar-refractivity contribution in [2.75, 3.05) is 17.6 Å². The van der Waals surface area contributed by atoms with Crippen molar-refractivity contribution in [2.24, 2.45) is 0 Å². The van der Waals surface area contributed by atoms with E-state index in [0.29, 0.717) is 41.1 Å². The molecule has 1 aromatic heterocycles. The Labute approximate surface area is 256 Å². The van der Waals surface area contributed by atoms with Gasteiger partial charge >= 0.3 is 0 Å². The zero-order valence-corrected chi connectivity index (χ0v) is 25.2. The predicted molar refractivity (Wildman–Crippen MR) is 166 cm³/mol. The summed E-state index contributed by atoms with van der Waals surface area (Å²) in [7, 11) is 0. The molecular formula is C31H38Cl2N6O3. The van der Waals surface area contributed by atoms with Gasteiger partial charge in [-0.25, -0.2) is 9.97 Å². The van der Waals surface area contributed by atoms with Gasteiger partial charge in [0.25, 0.3) is 0 Å². The number of aliphatic hydroxyl groups excluding tert-OH is 1. The number of nitrogens with zero attached hydrogens (tertiary/aromatic N) is 3. The molecule has 11 heteroatoms. The molecule has 9 nitrogen and oxygen atoms in total. The number of benzene rings is 2. The molecule has 2 fully saturated rings. The van der Waals surface area contributed by atoms with Crippen LogP contribution >= 0.6 is 23.2 Å². The maximum Gasteiger partial charge on any atom is 0.219 e. The van der Waals surface area contributed by atoms with Crippen molar-refractivity contribution in [1.82, 2.24) is 20.2 Å². The van der Waals surface area contributed by atoms with Crippen LogP contribution in [0.4, 0.5) is 11.6 Å². The Kier molecular flexibility index (Phi) is 10.2. The third kappa shape index (κ3) is 7.51. The number of piperidine rings is 1. The molecular weight excluding hydrogens is 575 g/mol. The van der Waals surface area contributed by atoms with Crippen LogP contribution in [0.3, 0.4) is 0 Å². The number of hydrogen-bond donors (Lipinski definition) is 4. The molecule has 0 radical (unpaired) electrons. The van der Waals surface area contributed by atoms with Crippen LogP contribution in [0, 0.1) is 0 Å². The first kappa shape index (κ1) is 30.5. The first-order valence-corrected chi connectivity index (χ1v) is 15.3. The zero-order chi connectivity index (χ0) is 29.6. The number of amides is 1. The van der Waals surface area contributed by atoms with Gasteiger partial charge in [0, 0.05) is 47.2 Å². The molecule has 2 unspecified atom stereocenters. The van der Waals surface area contributed by atoms with Crippen molar-refractivity contribution in [1.29, 1.82) is 0 Å². The van der Waals surface area contributed by atoms with E-state index in [2.05, 4.69) is 20.6 Å². The molecule has 3 aromatic rings. The summed E-state index contributed by atoms with van der Waals surface area (Å²) in [4.78, 5) is 23.6. The fourth-order valence-electron chi connectivity index (χ4n) is 5.76. The van der Waals surface area contributed by atoms with Gasteiger partial charge in [0.15, 0.2) is 17.9 Å². The average molecular weight is 614 g/mol. The minimum Gasteiger partial charge on any atom is -0.381 e. The molecule has 224 valence electrons. The SMILES string of the molecule is CC(=O)N(Cc1ccc(-c2cnc(N)c(NCc3c(Cl)cccc3Cl)n2)cc1)C1CCN[C@@H](C(O)OC2CCCC2)C1. The van der Waals surface area contributed by atoms with E-state index in [4.69, 9.17) is 33.7 Å². The maximum absolute atomic E-state index is 12.7. The van der Waals surface area contributed by atoms with Crippen molar-refractivity contribution in [3.05, 3.63) is 69.8 Å². The number of nitrogen functional groups attached to an aromatic ring is 1. The van der Waals surface area contributed by atoms with E-state index in [-0.39, 0.29) is 29.9 Å². The van der Waals surface area contributed by atoms with E-state index in [9.17, 15) is 9.90 Å². The lowest BCUT2D eigenvalue weighted by Gasteiger charge is -2.39. The standard InChI is InChI=1S/C31H38Cl2N6O3/c1-19(40)39(22-13-14-35-27(15-22)31(41)42-23-5-2-3-6-23)18-20-9-11-21(12-10-20)28-17-36-29(34)30(38-28)37-16-24-25(32)7-4-8-26(24)33/h4,7-12,17,22-23,27,31,35,41H,2-3,5-6,13-16,18H2,1H3,(H2,34,36)(H,37,38)/t22?,27-,31?/m1/s1. The van der Waals surface area contributed by atoms with Crippen LogP contribution in [0.1, 0.15) is 56.6 Å². The topological polar surface area (TPSA) is 126 Å². The number of aromatic nitrogens is 2. The molecule has 1 aliphatic heterocycles. The number of aliphatic hydroxyl groups is 1. The summed E-state index contributed by atoms with van der Waals surface area (Å²) >= 11 is 12.6. The second kappa shape index (κ2) is 14.0. The van der Waals surface area contributed by atoms with Crippen molar-refractivity contribution < 1.29 is 14.6 Å². The molecule has 2 heterocycles. The number of carbonyl (C=O) groups is 1. The van der Waals surface area contributed by atoms with Gasteiger partial charge in [0.05, 0.1) is 24.0 Å². The lowest BCUT2D eigenvalue weighted by atomic mass is 9.96. The summed E-state index contributed by atoms with van der Waals surface area (Å²) in [6.45, 7) is 3.15. The average Bonchev–Trinajstić information content (AvgIpc) is 3.50. The number of nitrogens with one attached hydrogen (secondary N) is 2. The first-order valence-electron chi connectivity index (χ1n) is 14.5. The molecule has 5 N–H and O–H groups in total. The van der Waals surface area contributed by atoms with Crippen LogP contribution < -0.4 is 16.4 Å². The Morgan fingerprint density at radius 3 is 2.57 bits per heavy atom. The van der Waals surface area contributed by atoms with Gasteiger partial charge in [-0.1, -0.05) is 66.4 Å². The van der Waals surface area contributed by atoms with Gasteiger partial charge in [0.2, 0.25) is 5.91 Å². The minimum absolute atomic E-state index is 0.00895. The summed E-state index contributed by atoms with van der Waals surface area (Å²) in [5.41, 5.74) is 9.37. The van der Waals surface area contributed by atoms with Crippen molar-refractivity contribution >= 4 is 40.7 Å². The smallest absolute Gasteiger partial charge is 0.219 e. The lowest BCUT2D eigenvalue weighted by molar-refractivity contribution is -0.159. The molecule has 3 atom stereocenters. The third-order valence-electron chi connectivity index (χ3n) is 8.13. The maximum atomic E-state index is 12.7. The van der Waals surface area contributed by atoms with Crippen LogP contribution in [0.5, 0.6) is 0 Å². The number of ether oxygens (including phenoxy) is 1. The van der Waals surface area contributed by atoms with Crippen LogP contribution in [-0.4, -0.2) is 56.9 Å². The minimum atomic E-state index is -0.869. The molecule has 0 bridgehead atoms. The Morgan fingerprint density at radius 2 is 1.88 bits per heavy atom. The van der Waals surface area contributed by atoms with E-state index >= 15 is 0 Å². The van der Waals surface area contributed by atoms with E-state index in [0.717, 1.165) is 55.3 Å². The van der Waals surface area contributed by atoms with E-state index < -0.39 is 6.29 Å². The van der Waals surface area contributed by atoms with Crippen molar-refractivity contribution in [3.8, 4) is 11.3 Å². The van der Waals surface area contributed by atoms with Gasteiger partial charge in [0.1, 0.15) is 0 Å². The number of anilines is 2. The summed E-state index contributed by atoms with van der Waals surface area (Å²) < 4.78 is 5.93. The third-order valence-corrected chi connectivity index (χ3v) is 8.84. The normalized spacial score (nSPS) is 19.9. The molecule has 1 aliphatic carbocycles. The second-order valence-corrected chi connectivity index (χ2v) is 11.9. The zero-order valence-electron chi connectivity index (χ0n) is 23.7. The highest BCUT2D eigenvalue weighted by Gasteiger charge is 2.33. The lowest BCUT2D eigenvalue weighted by Crippen LogP contribution is -2.54. The quantitative estimate of drug-likeness (QED) is 0.224. The van der Waals surface area contributed by atoms with E-state index in [1.165, 1.54) is 0 Å². The van der Waals surface area contributed by atoms with Gasteiger partial charge in [-0.2, -0.15) is 0 Å². The Bertz CT molecular complexity index is 1350. The molecule has 1 saturated heterocycles. The molecule has 42 heavy (non-hydrogen) atoms. The number of carbonyl (C=O) groups excluding carboxylic acids is 1. The number of nitrogens with two attached hydrogens (primary N) is 1. The van der Waals surface area contributed by atoms with Gasteiger partial charge in [-0.05, 0) is 49.9 Å². The number of hydrogen-bond acceptors (Lipinski definition) is 8. The monoisotopic (exact) mass is 612 g/mol. The summed E-state index contributed by atoms with van der Waals surface area (Å²) in [6, 6.07) is 13.1. The molecule has 1 saturated carbocycles. The predicted octanol–water partition coefficient (Wildman–Crippen LogP) is 5.39. The van der Waals surface area contributed by atoms with Crippen molar-refractivity contribution in [3.63, 3.8) is 0 Å². The van der Waals surface area contributed by atoms with E-state index in [1.807, 2.05) is 29.2 Å². The summed E-state index contributed by atoms with van der Waals surface area (Å²) in [5.74, 6) is 0.722. The van der Waals surface area contributed by atoms with Crippen LogP contribution in [-0.2, 0) is 22.6 Å². The fraction of sp³-hybridized carbons (Fsp3) is 0.452. The van der Waals surface area contributed by atoms with Crippen molar-refractivity contribution in [2.45, 2.75) is 83.0 Å². The molecule has 2 aliphatic rings. The van der Waals surface area contributed by atoms with Gasteiger partial charge in [-0.3, -0.25) is 4.79 Å². The highest BCUT2D eigenvalue weighted by atomic mass is 35.5. The Hall–Kier alpha value is -2.95. The summed E-state index contributed by atoms with van der Waals surface area (Å²) in [6.07, 6.45) is 6.65. The van der Waals surface area contributed by atoms with E-state index in [1.54, 1.807) is 31.3 Å². The van der Waals surface area contributed by atoms with Crippen LogP contribution in [0.2, 0.25) is 10.0 Å².